The Kier molecular flexibility index (Phi) is 5.07. The van der Waals surface area contributed by atoms with E-state index in [0.29, 0.717) is 16.5 Å². The van der Waals surface area contributed by atoms with Crippen LogP contribution < -0.4 is 10.6 Å². The summed E-state index contributed by atoms with van der Waals surface area (Å²) in [4.78, 5) is 28.4. The molecule has 0 atom stereocenters. The number of rotatable bonds is 5. The zero-order chi connectivity index (χ0) is 18.5. The number of phenolic OH excluding ortho intramolecular Hbond substituents is 1. The van der Waals surface area contributed by atoms with Crippen molar-refractivity contribution in [1.29, 1.82) is 0 Å². The molecule has 3 N–H and O–H groups in total. The molecule has 26 heavy (non-hydrogen) atoms. The predicted molar refractivity (Wildman–Crippen MR) is 94.5 cm³/mol. The normalized spacial score (nSPS) is 10.5. The Morgan fingerprint density at radius 3 is 2.42 bits per heavy atom. The van der Waals surface area contributed by atoms with E-state index in [9.17, 15) is 19.1 Å². The van der Waals surface area contributed by atoms with Crippen molar-refractivity contribution in [2.45, 2.75) is 0 Å². The molecule has 0 fully saturated rings. The molecule has 1 aromatic heterocycles. The smallest absolute Gasteiger partial charge is 0.253 e. The highest BCUT2D eigenvalue weighted by Crippen LogP contribution is 2.18. The summed E-state index contributed by atoms with van der Waals surface area (Å²) in [5.41, 5.74) is 0.958. The lowest BCUT2D eigenvalue weighted by atomic mass is 10.1. The largest absolute Gasteiger partial charge is 0.508 e. The first-order valence-electron chi connectivity index (χ1n) is 7.94. The first-order valence-corrected chi connectivity index (χ1v) is 7.94. The van der Waals surface area contributed by atoms with Crippen LogP contribution in [-0.2, 0) is 0 Å². The van der Waals surface area contributed by atoms with Gasteiger partial charge in [0.05, 0.1) is 11.1 Å². The number of carbonyl (C=O) groups is 2. The number of phenols is 1. The van der Waals surface area contributed by atoms with Gasteiger partial charge in [-0.3, -0.25) is 14.6 Å². The molecule has 0 spiro atoms. The Balaban J connectivity index is 1.58. The summed E-state index contributed by atoms with van der Waals surface area (Å²) in [5, 5.41) is 15.0. The molecule has 0 aliphatic carbocycles. The van der Waals surface area contributed by atoms with Crippen LogP contribution in [-0.4, -0.2) is 35.0 Å². The maximum Gasteiger partial charge on any atom is 0.253 e. The fourth-order valence-corrected chi connectivity index (χ4v) is 2.49. The zero-order valence-electron chi connectivity index (χ0n) is 13.7. The third-order valence-corrected chi connectivity index (χ3v) is 3.74. The van der Waals surface area contributed by atoms with Crippen molar-refractivity contribution in [2.24, 2.45) is 0 Å². The lowest BCUT2D eigenvalue weighted by molar-refractivity contribution is 0.0928. The first-order chi connectivity index (χ1) is 12.5. The van der Waals surface area contributed by atoms with E-state index in [1.54, 1.807) is 12.1 Å². The van der Waals surface area contributed by atoms with Crippen LogP contribution in [0.2, 0.25) is 0 Å². The highest BCUT2D eigenvalue weighted by Gasteiger charge is 2.13. The van der Waals surface area contributed by atoms with Gasteiger partial charge >= 0.3 is 0 Å². The summed E-state index contributed by atoms with van der Waals surface area (Å²) >= 11 is 0. The van der Waals surface area contributed by atoms with Gasteiger partial charge in [0.2, 0.25) is 0 Å². The van der Waals surface area contributed by atoms with Crippen LogP contribution in [0.15, 0.2) is 54.7 Å². The number of halogens is 1. The molecule has 7 heteroatoms. The maximum atomic E-state index is 13.7. The lowest BCUT2D eigenvalue weighted by Crippen LogP contribution is -2.34. The summed E-state index contributed by atoms with van der Waals surface area (Å²) in [5.74, 6) is -1.23. The van der Waals surface area contributed by atoms with Gasteiger partial charge in [-0.15, -0.1) is 0 Å². The number of nitrogens with zero attached hydrogens (tertiary/aromatic N) is 1. The quantitative estimate of drug-likeness (QED) is 0.614. The summed E-state index contributed by atoms with van der Waals surface area (Å²) in [6.45, 7) is 0.375. The van der Waals surface area contributed by atoms with Gasteiger partial charge in [-0.25, -0.2) is 4.39 Å². The molecule has 3 aromatic rings. The summed E-state index contributed by atoms with van der Waals surface area (Å²) in [6, 6.07) is 11.6. The molecular weight excluding hydrogens is 337 g/mol. The molecule has 0 aliphatic rings. The van der Waals surface area contributed by atoms with Gasteiger partial charge in [-0.2, -0.15) is 0 Å². The number of aromatic hydroxyl groups is 1. The molecule has 0 unspecified atom stereocenters. The average molecular weight is 353 g/mol. The van der Waals surface area contributed by atoms with Crippen LogP contribution in [0.25, 0.3) is 10.9 Å². The van der Waals surface area contributed by atoms with Gasteiger partial charge in [-0.1, -0.05) is 6.07 Å². The topological polar surface area (TPSA) is 91.3 Å². The molecular formula is C19H16FN3O3. The first kappa shape index (κ1) is 17.3. The number of aromatic nitrogens is 1. The molecule has 6 nitrogen and oxygen atoms in total. The van der Waals surface area contributed by atoms with Gasteiger partial charge in [0.15, 0.2) is 0 Å². The molecule has 1 heterocycles. The highest BCUT2D eigenvalue weighted by molar-refractivity contribution is 6.05. The van der Waals surface area contributed by atoms with Gasteiger partial charge in [0, 0.05) is 30.2 Å². The lowest BCUT2D eigenvalue weighted by Gasteiger charge is -2.09. The van der Waals surface area contributed by atoms with Gasteiger partial charge in [-0.05, 0) is 42.5 Å². The monoisotopic (exact) mass is 353 g/mol. The second kappa shape index (κ2) is 7.60. The molecule has 0 bridgehead atoms. The van der Waals surface area contributed by atoms with E-state index in [0.717, 1.165) is 6.07 Å². The summed E-state index contributed by atoms with van der Waals surface area (Å²) in [6.07, 6.45) is 1.54. The third-order valence-electron chi connectivity index (χ3n) is 3.74. The van der Waals surface area contributed by atoms with Crippen molar-refractivity contribution < 1.29 is 19.1 Å². The van der Waals surface area contributed by atoms with Crippen LogP contribution in [0, 0.1) is 5.82 Å². The average Bonchev–Trinajstić information content (AvgIpc) is 2.64. The second-order valence-electron chi connectivity index (χ2n) is 5.59. The number of benzene rings is 2. The van der Waals surface area contributed by atoms with Crippen LogP contribution in [0.4, 0.5) is 4.39 Å². The molecule has 0 saturated heterocycles. The second-order valence-corrected chi connectivity index (χ2v) is 5.59. The number of amides is 2. The van der Waals surface area contributed by atoms with E-state index < -0.39 is 11.7 Å². The maximum absolute atomic E-state index is 13.7. The standard InChI is InChI=1S/C19H16FN3O3/c20-14-10-13-2-1-7-21-17(13)16(11-14)19(26)23-9-8-22-18(25)12-3-5-15(24)6-4-12/h1-7,10-11,24H,8-9H2,(H,22,25)(H,23,26). The number of carbonyl (C=O) groups excluding carboxylic acids is 2. The van der Waals surface area contributed by atoms with Crippen molar-refractivity contribution >= 4 is 22.7 Å². The SMILES string of the molecule is O=C(NCCNC(=O)c1cc(F)cc2cccnc12)c1ccc(O)cc1. The zero-order valence-corrected chi connectivity index (χ0v) is 13.7. The van der Waals surface area contributed by atoms with Crippen LogP contribution in [0.1, 0.15) is 20.7 Å². The minimum Gasteiger partial charge on any atom is -0.508 e. The van der Waals surface area contributed by atoms with Crippen molar-refractivity contribution in [3.63, 3.8) is 0 Å². The van der Waals surface area contributed by atoms with E-state index in [2.05, 4.69) is 15.6 Å². The Hall–Kier alpha value is -3.48. The predicted octanol–water partition coefficient (Wildman–Crippen LogP) is 2.24. The van der Waals surface area contributed by atoms with Crippen molar-refractivity contribution in [3.05, 3.63) is 71.7 Å². The Labute approximate surface area is 148 Å². The highest BCUT2D eigenvalue weighted by atomic mass is 19.1. The van der Waals surface area contributed by atoms with E-state index in [4.69, 9.17) is 0 Å². The molecule has 0 aliphatic heterocycles. The van der Waals surface area contributed by atoms with Crippen molar-refractivity contribution in [2.75, 3.05) is 13.1 Å². The Bertz CT molecular complexity index is 958. The number of fused-ring (bicyclic) bond motifs is 1. The van der Waals surface area contributed by atoms with E-state index in [-0.39, 0.29) is 30.3 Å². The Morgan fingerprint density at radius 2 is 1.69 bits per heavy atom. The van der Waals surface area contributed by atoms with Gasteiger partial charge < -0.3 is 15.7 Å². The molecule has 0 saturated carbocycles. The van der Waals surface area contributed by atoms with Crippen molar-refractivity contribution in [1.82, 2.24) is 15.6 Å². The molecule has 3 rings (SSSR count). The Morgan fingerprint density at radius 1 is 1.00 bits per heavy atom. The molecule has 2 amide bonds. The summed E-state index contributed by atoms with van der Waals surface area (Å²) in [7, 11) is 0. The number of hydrogen-bond acceptors (Lipinski definition) is 4. The number of nitrogens with one attached hydrogen (secondary N) is 2. The minimum atomic E-state index is -0.517. The van der Waals surface area contributed by atoms with Crippen LogP contribution in [0.3, 0.4) is 0 Å². The van der Waals surface area contributed by atoms with Crippen LogP contribution in [0.5, 0.6) is 5.75 Å². The number of pyridine rings is 1. The summed E-state index contributed by atoms with van der Waals surface area (Å²) < 4.78 is 13.7. The van der Waals surface area contributed by atoms with Gasteiger partial charge in [0.25, 0.3) is 11.8 Å². The molecule has 2 aromatic carbocycles. The van der Waals surface area contributed by atoms with Crippen LogP contribution >= 0.6 is 0 Å². The number of hydrogen-bond donors (Lipinski definition) is 3. The molecule has 132 valence electrons. The third kappa shape index (κ3) is 3.94. The van der Waals surface area contributed by atoms with E-state index in [1.807, 2.05) is 0 Å². The molecule has 0 radical (unpaired) electrons. The van der Waals surface area contributed by atoms with Crippen molar-refractivity contribution in [3.8, 4) is 5.75 Å². The fourth-order valence-electron chi connectivity index (χ4n) is 2.49. The minimum absolute atomic E-state index is 0.0738. The fraction of sp³-hybridized carbons (Fsp3) is 0.105. The van der Waals surface area contributed by atoms with Gasteiger partial charge in [0.1, 0.15) is 11.6 Å². The van der Waals surface area contributed by atoms with E-state index >= 15 is 0 Å². The van der Waals surface area contributed by atoms with E-state index in [1.165, 1.54) is 36.5 Å².